The molecule has 7 heteroatoms. The Hall–Kier alpha value is -1.76. The van der Waals surface area contributed by atoms with Crippen molar-refractivity contribution in [3.8, 4) is 11.4 Å². The second-order valence-corrected chi connectivity index (χ2v) is 6.29. The molecule has 2 aromatic rings. The molecule has 3 rings (SSSR count). The van der Waals surface area contributed by atoms with Gasteiger partial charge in [-0.3, -0.25) is 4.79 Å². The first-order valence-electron chi connectivity index (χ1n) is 6.82. The highest BCUT2D eigenvalue weighted by Gasteiger charge is 2.36. The molecule has 1 unspecified atom stereocenters. The fraction of sp³-hybridized carbons (Fsp3) is 0.429. The lowest BCUT2D eigenvalue weighted by molar-refractivity contribution is -0.138. The molecule has 1 saturated carbocycles. The largest absolute Gasteiger partial charge is 0.481 e. The topological polar surface area (TPSA) is 80.9 Å². The van der Waals surface area contributed by atoms with E-state index in [9.17, 15) is 4.79 Å². The molecule has 6 nitrogen and oxygen atoms in total. The Morgan fingerprint density at radius 3 is 2.90 bits per heavy atom. The van der Waals surface area contributed by atoms with E-state index in [4.69, 9.17) is 5.11 Å². The van der Waals surface area contributed by atoms with E-state index in [1.807, 2.05) is 25.1 Å². The van der Waals surface area contributed by atoms with E-state index in [2.05, 4.69) is 31.5 Å². The number of carbonyl (C=O) groups is 1. The van der Waals surface area contributed by atoms with Crippen LogP contribution in [-0.2, 0) is 4.79 Å². The number of halogens is 1. The summed E-state index contributed by atoms with van der Waals surface area (Å²) in [6.45, 7) is 2.01. The Bertz CT molecular complexity index is 681. The molecule has 1 heterocycles. The van der Waals surface area contributed by atoms with Gasteiger partial charge in [-0.2, -0.15) is 0 Å². The number of hydrogen-bond donors (Lipinski definition) is 1. The Balaban J connectivity index is 2.01. The molecule has 1 fully saturated rings. The summed E-state index contributed by atoms with van der Waals surface area (Å²) in [5, 5.41) is 21.0. The number of nitrogens with zero attached hydrogens (tertiary/aromatic N) is 4. The van der Waals surface area contributed by atoms with Crippen LogP contribution in [0.1, 0.15) is 30.9 Å². The van der Waals surface area contributed by atoms with Gasteiger partial charge < -0.3 is 5.11 Å². The van der Waals surface area contributed by atoms with Gasteiger partial charge in [-0.1, -0.05) is 22.0 Å². The molecule has 0 spiro atoms. The van der Waals surface area contributed by atoms with Crippen LogP contribution in [0.4, 0.5) is 0 Å². The first-order chi connectivity index (χ1) is 10.1. The van der Waals surface area contributed by atoms with Gasteiger partial charge in [0.2, 0.25) is 0 Å². The zero-order valence-corrected chi connectivity index (χ0v) is 13.1. The summed E-state index contributed by atoms with van der Waals surface area (Å²) in [5.74, 6) is 0.143. The van der Waals surface area contributed by atoms with Crippen molar-refractivity contribution < 1.29 is 9.90 Å². The predicted molar refractivity (Wildman–Crippen MR) is 79.7 cm³/mol. The molecule has 0 saturated heterocycles. The summed E-state index contributed by atoms with van der Waals surface area (Å²) in [7, 11) is 0. The van der Waals surface area contributed by atoms with E-state index < -0.39 is 5.97 Å². The maximum atomic E-state index is 11.1. The molecular formula is C14H15BrN4O2. The number of rotatable bonds is 5. The van der Waals surface area contributed by atoms with Gasteiger partial charge >= 0.3 is 5.97 Å². The Labute approximate surface area is 130 Å². The SMILES string of the molecule is Cc1ccc(-c2nnnn2C(CC(=O)O)C2CC2)c(Br)c1. The van der Waals surface area contributed by atoms with Gasteiger partial charge in [0, 0.05) is 10.0 Å². The fourth-order valence-electron chi connectivity index (χ4n) is 2.51. The average Bonchev–Trinajstić information content (AvgIpc) is 3.14. The molecule has 0 amide bonds. The van der Waals surface area contributed by atoms with Crippen LogP contribution in [0.5, 0.6) is 0 Å². The van der Waals surface area contributed by atoms with Crippen LogP contribution in [0.15, 0.2) is 22.7 Å². The third kappa shape index (κ3) is 2.97. The van der Waals surface area contributed by atoms with E-state index in [-0.39, 0.29) is 12.5 Å². The van der Waals surface area contributed by atoms with Gasteiger partial charge in [-0.15, -0.1) is 5.10 Å². The maximum absolute atomic E-state index is 11.1. The van der Waals surface area contributed by atoms with Gasteiger partial charge in [0.1, 0.15) is 0 Å². The quantitative estimate of drug-likeness (QED) is 0.896. The van der Waals surface area contributed by atoms with E-state index in [1.54, 1.807) is 4.68 Å². The molecule has 1 aromatic carbocycles. The smallest absolute Gasteiger partial charge is 0.305 e. The first kappa shape index (κ1) is 14.2. The molecule has 1 aromatic heterocycles. The lowest BCUT2D eigenvalue weighted by atomic mass is 10.1. The average molecular weight is 351 g/mol. The van der Waals surface area contributed by atoms with Crippen LogP contribution in [0.3, 0.4) is 0 Å². The summed E-state index contributed by atoms with van der Waals surface area (Å²) < 4.78 is 2.57. The molecular weight excluding hydrogens is 336 g/mol. The summed E-state index contributed by atoms with van der Waals surface area (Å²) in [4.78, 5) is 11.1. The van der Waals surface area contributed by atoms with Gasteiger partial charge in [0.25, 0.3) is 0 Å². The van der Waals surface area contributed by atoms with Gasteiger partial charge in [-0.25, -0.2) is 4.68 Å². The highest BCUT2D eigenvalue weighted by molar-refractivity contribution is 9.10. The second-order valence-electron chi connectivity index (χ2n) is 5.43. The van der Waals surface area contributed by atoms with Crippen molar-refractivity contribution in [1.29, 1.82) is 0 Å². The monoisotopic (exact) mass is 350 g/mol. The van der Waals surface area contributed by atoms with E-state index in [0.29, 0.717) is 11.7 Å². The second kappa shape index (κ2) is 5.55. The molecule has 0 radical (unpaired) electrons. The number of carboxylic acid groups (broad SMARTS) is 1. The number of hydrogen-bond acceptors (Lipinski definition) is 4. The van der Waals surface area contributed by atoms with E-state index >= 15 is 0 Å². The lowest BCUT2D eigenvalue weighted by Crippen LogP contribution is -2.18. The summed E-state index contributed by atoms with van der Waals surface area (Å²) in [5.41, 5.74) is 2.01. The van der Waals surface area contributed by atoms with Crippen LogP contribution in [0, 0.1) is 12.8 Å². The Morgan fingerprint density at radius 1 is 1.52 bits per heavy atom. The Kier molecular flexibility index (Phi) is 3.75. The number of benzene rings is 1. The normalized spacial score (nSPS) is 15.9. The van der Waals surface area contributed by atoms with E-state index in [0.717, 1.165) is 28.4 Å². The molecule has 1 aliphatic carbocycles. The lowest BCUT2D eigenvalue weighted by Gasteiger charge is -2.16. The van der Waals surface area contributed by atoms with Crippen molar-refractivity contribution in [2.75, 3.05) is 0 Å². The summed E-state index contributed by atoms with van der Waals surface area (Å²) >= 11 is 3.53. The van der Waals surface area contributed by atoms with Crippen molar-refractivity contribution in [1.82, 2.24) is 20.2 Å². The third-order valence-corrected chi connectivity index (χ3v) is 4.38. The van der Waals surface area contributed by atoms with Crippen LogP contribution in [0.2, 0.25) is 0 Å². The van der Waals surface area contributed by atoms with Crippen molar-refractivity contribution in [3.63, 3.8) is 0 Å². The number of aromatic nitrogens is 4. The molecule has 110 valence electrons. The molecule has 1 N–H and O–H groups in total. The standard InChI is InChI=1S/C14H15BrN4O2/c1-8-2-5-10(11(15)6-8)14-16-17-18-19(14)12(7-13(20)21)9-3-4-9/h2,5-6,9,12H,3-4,7H2,1H3,(H,20,21). The zero-order valence-electron chi connectivity index (χ0n) is 11.5. The van der Waals surface area contributed by atoms with Crippen LogP contribution in [-0.4, -0.2) is 31.3 Å². The highest BCUT2D eigenvalue weighted by Crippen LogP contribution is 2.42. The molecule has 0 bridgehead atoms. The van der Waals surface area contributed by atoms with Gasteiger partial charge in [0.15, 0.2) is 5.82 Å². The third-order valence-electron chi connectivity index (χ3n) is 3.72. The predicted octanol–water partition coefficient (Wildman–Crippen LogP) is 2.84. The van der Waals surface area contributed by atoms with Crippen molar-refractivity contribution in [2.45, 2.75) is 32.2 Å². The van der Waals surface area contributed by atoms with Crippen LogP contribution < -0.4 is 0 Å². The Morgan fingerprint density at radius 2 is 2.29 bits per heavy atom. The summed E-state index contributed by atoms with van der Waals surface area (Å²) in [6.07, 6.45) is 2.12. The van der Waals surface area contributed by atoms with Gasteiger partial charge in [-0.05, 0) is 53.8 Å². The number of aliphatic carboxylic acids is 1. The minimum Gasteiger partial charge on any atom is -0.481 e. The number of tetrazole rings is 1. The first-order valence-corrected chi connectivity index (χ1v) is 7.61. The molecule has 0 aliphatic heterocycles. The van der Waals surface area contributed by atoms with Crippen molar-refractivity contribution in [3.05, 3.63) is 28.2 Å². The van der Waals surface area contributed by atoms with Crippen LogP contribution >= 0.6 is 15.9 Å². The minimum absolute atomic E-state index is 0.0478. The number of carboxylic acids is 1. The minimum atomic E-state index is -0.823. The molecule has 1 atom stereocenters. The summed E-state index contributed by atoms with van der Waals surface area (Å²) in [6, 6.07) is 5.76. The van der Waals surface area contributed by atoms with Crippen molar-refractivity contribution in [2.24, 2.45) is 5.92 Å². The van der Waals surface area contributed by atoms with Crippen molar-refractivity contribution >= 4 is 21.9 Å². The molecule has 21 heavy (non-hydrogen) atoms. The molecule has 1 aliphatic rings. The zero-order chi connectivity index (χ0) is 15.0. The fourth-order valence-corrected chi connectivity index (χ4v) is 3.18. The van der Waals surface area contributed by atoms with Crippen LogP contribution in [0.25, 0.3) is 11.4 Å². The maximum Gasteiger partial charge on any atom is 0.305 e. The van der Waals surface area contributed by atoms with Gasteiger partial charge in [0.05, 0.1) is 12.5 Å². The van der Waals surface area contributed by atoms with E-state index in [1.165, 1.54) is 0 Å². The number of aryl methyl sites for hydroxylation is 1. The highest BCUT2D eigenvalue weighted by atomic mass is 79.9.